The molecular weight excluding hydrogens is 665 g/mol. The molecule has 16 heteroatoms. The Hall–Kier alpha value is -3.48. The van der Waals surface area contributed by atoms with Gasteiger partial charge >= 0.3 is 20.8 Å². The number of carbonyl (C=O) groups is 2. The molecule has 0 spiro atoms. The first-order chi connectivity index (χ1) is 22.1. The van der Waals surface area contributed by atoms with Gasteiger partial charge in [0.2, 0.25) is 0 Å². The van der Waals surface area contributed by atoms with Gasteiger partial charge in [0, 0.05) is 25.9 Å². The van der Waals surface area contributed by atoms with E-state index in [0.717, 1.165) is 65.8 Å². The molecule has 0 radical (unpaired) electrons. The van der Waals surface area contributed by atoms with Crippen LogP contribution in [0.5, 0.6) is 0 Å². The molecule has 0 heterocycles. The third-order valence-electron chi connectivity index (χ3n) is 6.08. The molecule has 0 aliphatic rings. The Morgan fingerprint density at radius 3 is 1.23 bits per heavy atom. The summed E-state index contributed by atoms with van der Waals surface area (Å²) in [7, 11) is 6.15. The average Bonchev–Trinajstić information content (AvgIpc) is 2.99. The maximum Gasteiger partial charge on any atom is 0.397 e. The highest BCUT2D eigenvalue weighted by Gasteiger charge is 2.18. The van der Waals surface area contributed by atoms with E-state index < -0.39 is 20.8 Å². The molecule has 0 bridgehead atoms. The topological polar surface area (TPSA) is 185 Å². The number of rotatable bonds is 15. The minimum Gasteiger partial charge on any atom is -0.352 e. The number of nitrogens with one attached hydrogen (secondary N) is 2. The Kier molecular flexibility index (Phi) is 19.9. The second kappa shape index (κ2) is 21.5. The highest BCUT2D eigenvalue weighted by molar-refractivity contribution is 7.81. The van der Waals surface area contributed by atoms with Crippen LogP contribution in [0.3, 0.4) is 0 Å². The number of benzene rings is 2. The highest BCUT2D eigenvalue weighted by Crippen LogP contribution is 2.23. The van der Waals surface area contributed by atoms with E-state index in [2.05, 4.69) is 61.3 Å². The van der Waals surface area contributed by atoms with Gasteiger partial charge in [-0.15, -0.1) is 0 Å². The monoisotopic (exact) mass is 716 g/mol. The predicted octanol–water partition coefficient (Wildman–Crippen LogP) is 2.34. The second-order valence-electron chi connectivity index (χ2n) is 12.3. The molecule has 2 rings (SSSR count). The van der Waals surface area contributed by atoms with E-state index in [1.54, 1.807) is 6.08 Å². The lowest BCUT2D eigenvalue weighted by molar-refractivity contribution is -0.870. The van der Waals surface area contributed by atoms with E-state index in [9.17, 15) is 26.4 Å². The van der Waals surface area contributed by atoms with Crippen molar-refractivity contribution in [2.45, 2.75) is 12.8 Å². The van der Waals surface area contributed by atoms with Gasteiger partial charge in [0.1, 0.15) is 5.57 Å². The van der Waals surface area contributed by atoms with E-state index in [1.807, 2.05) is 66.7 Å². The summed E-state index contributed by atoms with van der Waals surface area (Å²) >= 11 is 0. The number of amides is 2. The van der Waals surface area contributed by atoms with Crippen molar-refractivity contribution in [1.29, 1.82) is 0 Å². The van der Waals surface area contributed by atoms with Crippen molar-refractivity contribution in [3.63, 3.8) is 0 Å². The zero-order chi connectivity index (χ0) is 37.0. The van der Waals surface area contributed by atoms with Crippen molar-refractivity contribution < 1.29 is 52.9 Å². The molecule has 2 aromatic carbocycles. The van der Waals surface area contributed by atoms with Crippen LogP contribution in [0.15, 0.2) is 78.4 Å². The number of carbonyl (C=O) groups excluding carboxylic acids is 2. The lowest BCUT2D eigenvalue weighted by Gasteiger charge is -2.24. The van der Waals surface area contributed by atoms with Crippen molar-refractivity contribution >= 4 is 38.2 Å². The maximum atomic E-state index is 13.1. The molecule has 0 fully saturated rings. The van der Waals surface area contributed by atoms with Crippen LogP contribution < -0.4 is 10.6 Å². The standard InChI is InChI=1S/C30H42N4O2.2CH4O4S/c1-33(2,3)23-13-21-31-29(35)28(30(36)32-22-14-24-34(4,5)6)20-19-27(25-15-9-7-10-16-25)26-17-11-8-12-18-26;2*1-5-6(2,3)4/h7-12,15-20H,13-14,21-24H2,1-6H3;2*1H3,(H,2,3,4)/p+2. The van der Waals surface area contributed by atoms with E-state index in [4.69, 9.17) is 9.11 Å². The van der Waals surface area contributed by atoms with Crippen LogP contribution in [-0.4, -0.2) is 129 Å². The minimum atomic E-state index is -4.16. The average molecular weight is 717 g/mol. The summed E-state index contributed by atoms with van der Waals surface area (Å²) in [5, 5.41) is 5.89. The molecule has 0 aliphatic heterocycles. The van der Waals surface area contributed by atoms with E-state index in [1.165, 1.54) is 0 Å². The van der Waals surface area contributed by atoms with Crippen LogP contribution in [0.1, 0.15) is 24.0 Å². The molecule has 2 amide bonds. The van der Waals surface area contributed by atoms with Gasteiger partial charge < -0.3 is 19.6 Å². The van der Waals surface area contributed by atoms with Crippen LogP contribution >= 0.6 is 0 Å². The largest absolute Gasteiger partial charge is 0.397 e. The smallest absolute Gasteiger partial charge is 0.352 e. The quantitative estimate of drug-likeness (QED) is 0.0406. The molecule has 0 unspecified atom stereocenters. The lowest BCUT2D eigenvalue weighted by atomic mass is 9.97. The van der Waals surface area contributed by atoms with Crippen LogP contribution in [-0.2, 0) is 38.8 Å². The summed E-state index contributed by atoms with van der Waals surface area (Å²) in [6, 6.07) is 20.0. The molecule has 0 saturated carbocycles. The number of hydrogen-bond acceptors (Lipinski definition) is 8. The van der Waals surface area contributed by atoms with Crippen molar-refractivity contribution in [2.24, 2.45) is 0 Å². The molecule has 0 aromatic heterocycles. The summed E-state index contributed by atoms with van der Waals surface area (Å²) in [5.74, 6) is -0.700. The van der Waals surface area contributed by atoms with Crippen molar-refractivity contribution in [3.8, 4) is 0 Å². The predicted molar refractivity (Wildman–Crippen MR) is 186 cm³/mol. The zero-order valence-corrected chi connectivity index (χ0v) is 30.7. The van der Waals surface area contributed by atoms with Gasteiger partial charge in [-0.1, -0.05) is 66.7 Å². The van der Waals surface area contributed by atoms with Gasteiger partial charge in [-0.05, 0) is 22.8 Å². The van der Waals surface area contributed by atoms with E-state index >= 15 is 0 Å². The van der Waals surface area contributed by atoms with Gasteiger partial charge in [-0.25, -0.2) is 0 Å². The van der Waals surface area contributed by atoms with Gasteiger partial charge in [0.25, 0.3) is 11.8 Å². The number of nitrogens with zero attached hydrogens (tertiary/aromatic N) is 2. The first kappa shape index (κ1) is 44.5. The molecular formula is C32H52N4O10S2+2. The van der Waals surface area contributed by atoms with Crippen molar-refractivity contribution in [1.82, 2.24) is 10.6 Å². The van der Waals surface area contributed by atoms with Gasteiger partial charge in [-0.2, -0.15) is 16.8 Å². The highest BCUT2D eigenvalue weighted by atomic mass is 32.3. The zero-order valence-electron chi connectivity index (χ0n) is 29.0. The Bertz CT molecular complexity index is 1420. The van der Waals surface area contributed by atoms with E-state index in [-0.39, 0.29) is 17.4 Å². The minimum absolute atomic E-state index is 0.120. The first-order valence-electron chi connectivity index (χ1n) is 14.8. The van der Waals surface area contributed by atoms with Crippen molar-refractivity contribution in [2.75, 3.05) is 82.7 Å². The van der Waals surface area contributed by atoms with Crippen LogP contribution in [0.2, 0.25) is 0 Å². The first-order valence-corrected chi connectivity index (χ1v) is 17.6. The Balaban J connectivity index is 0.00000156. The molecule has 0 saturated heterocycles. The Morgan fingerprint density at radius 2 is 0.958 bits per heavy atom. The summed E-state index contributed by atoms with van der Waals surface area (Å²) in [5.41, 5.74) is 3.11. The number of quaternary nitrogens is 2. The Labute approximate surface area is 286 Å². The van der Waals surface area contributed by atoms with Crippen LogP contribution in [0.4, 0.5) is 0 Å². The fraction of sp³-hybridized carbons (Fsp3) is 0.438. The van der Waals surface area contributed by atoms with Gasteiger partial charge in [0.15, 0.2) is 0 Å². The van der Waals surface area contributed by atoms with Gasteiger partial charge in [-0.3, -0.25) is 27.1 Å². The molecule has 2 aromatic rings. The molecule has 0 aliphatic carbocycles. The van der Waals surface area contributed by atoms with Crippen molar-refractivity contribution in [3.05, 3.63) is 89.5 Å². The molecule has 14 nitrogen and oxygen atoms in total. The van der Waals surface area contributed by atoms with Gasteiger partial charge in [0.05, 0.1) is 69.6 Å². The fourth-order valence-corrected chi connectivity index (χ4v) is 3.72. The summed E-state index contributed by atoms with van der Waals surface area (Å²) < 4.78 is 61.1. The summed E-state index contributed by atoms with van der Waals surface area (Å²) in [6.07, 6.45) is 5.20. The SMILES string of the molecule is COS(=O)(=O)O.COS(=O)(=O)O.C[N+](C)(C)CCCNC(=O)C(=CC=C(c1ccccc1)c1ccccc1)C(=O)NCCC[N+](C)(C)C. The molecule has 48 heavy (non-hydrogen) atoms. The molecule has 270 valence electrons. The Morgan fingerprint density at radius 1 is 0.646 bits per heavy atom. The number of allylic oxidation sites excluding steroid dienone is 2. The molecule has 0 atom stereocenters. The summed E-state index contributed by atoms with van der Waals surface area (Å²) in [6.45, 7) is 2.91. The van der Waals surface area contributed by atoms with Crippen LogP contribution in [0.25, 0.3) is 5.57 Å². The normalized spacial score (nSPS) is 11.5. The summed E-state index contributed by atoms with van der Waals surface area (Å²) in [4.78, 5) is 26.2. The third kappa shape index (κ3) is 23.8. The molecule has 4 N–H and O–H groups in total. The second-order valence-corrected chi connectivity index (χ2v) is 14.7. The fourth-order valence-electron chi connectivity index (χ4n) is 3.72. The third-order valence-corrected chi connectivity index (χ3v) is 6.92. The maximum absolute atomic E-state index is 13.1. The van der Waals surface area contributed by atoms with Crippen LogP contribution in [0, 0.1) is 0 Å². The number of hydrogen-bond donors (Lipinski definition) is 4. The van der Waals surface area contributed by atoms with E-state index in [0.29, 0.717) is 13.1 Å². The lowest BCUT2D eigenvalue weighted by Crippen LogP contribution is -2.40.